The lowest BCUT2D eigenvalue weighted by Crippen LogP contribution is -2.35. The molecule has 0 bridgehead atoms. The van der Waals surface area contributed by atoms with Crippen molar-refractivity contribution < 1.29 is 13.9 Å². The van der Waals surface area contributed by atoms with Crippen LogP contribution >= 0.6 is 34.5 Å². The Morgan fingerprint density at radius 1 is 1.26 bits per heavy atom. The molecule has 0 atom stereocenters. The lowest BCUT2D eigenvalue weighted by Gasteiger charge is -2.20. The third-order valence-electron chi connectivity index (χ3n) is 3.62. The molecule has 0 spiro atoms. The number of aromatic nitrogens is 2. The Morgan fingerprint density at radius 2 is 2.11 bits per heavy atom. The summed E-state index contributed by atoms with van der Waals surface area (Å²) in [6.07, 6.45) is 0.796. The number of amides is 1. The molecule has 6 nitrogen and oxygen atoms in total. The van der Waals surface area contributed by atoms with Crippen LogP contribution in [0.3, 0.4) is 0 Å². The van der Waals surface area contributed by atoms with Crippen LogP contribution in [-0.2, 0) is 11.3 Å². The van der Waals surface area contributed by atoms with E-state index in [4.69, 9.17) is 32.4 Å². The highest BCUT2D eigenvalue weighted by atomic mass is 35.5. The summed E-state index contributed by atoms with van der Waals surface area (Å²) in [5, 5.41) is 10.8. The van der Waals surface area contributed by atoms with Crippen LogP contribution in [0.1, 0.15) is 19.2 Å². The van der Waals surface area contributed by atoms with Crippen molar-refractivity contribution >= 4 is 40.4 Å². The number of nitrogens with zero attached hydrogens (tertiary/aromatic N) is 3. The molecule has 0 saturated heterocycles. The van der Waals surface area contributed by atoms with Crippen LogP contribution < -0.4 is 4.74 Å². The van der Waals surface area contributed by atoms with E-state index in [1.54, 1.807) is 23.1 Å². The molecule has 0 aliphatic heterocycles. The standard InChI is InChI=1S/C18H17Cl2N3O3S/c1-2-7-23(10-16-21-22-18(26-16)15-4-3-8-27-15)17(24)11-25-12-5-6-13(19)14(20)9-12/h3-6,8-9H,2,7,10-11H2,1H3. The Labute approximate surface area is 170 Å². The van der Waals surface area contributed by atoms with E-state index in [9.17, 15) is 4.79 Å². The van der Waals surface area contributed by atoms with Crippen LogP contribution in [0.4, 0.5) is 0 Å². The third kappa shape index (κ3) is 5.22. The van der Waals surface area contributed by atoms with Crippen LogP contribution in [0.5, 0.6) is 5.75 Å². The van der Waals surface area contributed by atoms with Gasteiger partial charge in [0.2, 0.25) is 5.89 Å². The van der Waals surface area contributed by atoms with E-state index in [1.807, 2.05) is 24.4 Å². The molecule has 0 N–H and O–H groups in total. The summed E-state index contributed by atoms with van der Waals surface area (Å²) in [6, 6.07) is 8.68. The zero-order valence-corrected chi connectivity index (χ0v) is 16.9. The third-order valence-corrected chi connectivity index (χ3v) is 5.22. The summed E-state index contributed by atoms with van der Waals surface area (Å²) in [5.41, 5.74) is 0. The van der Waals surface area contributed by atoms with Crippen LogP contribution in [0, 0.1) is 0 Å². The van der Waals surface area contributed by atoms with Crippen LogP contribution in [-0.4, -0.2) is 34.2 Å². The Morgan fingerprint density at radius 3 is 2.81 bits per heavy atom. The Hall–Kier alpha value is -2.09. The molecule has 0 aliphatic rings. The monoisotopic (exact) mass is 425 g/mol. The molecule has 9 heteroatoms. The van der Waals surface area contributed by atoms with Gasteiger partial charge in [-0.25, -0.2) is 0 Å². The Bertz CT molecular complexity index is 899. The van der Waals surface area contributed by atoms with E-state index in [0.717, 1.165) is 11.3 Å². The summed E-state index contributed by atoms with van der Waals surface area (Å²) >= 11 is 13.4. The maximum absolute atomic E-state index is 12.6. The Balaban J connectivity index is 1.62. The van der Waals surface area contributed by atoms with Gasteiger partial charge in [-0.3, -0.25) is 4.79 Å². The summed E-state index contributed by atoms with van der Waals surface area (Å²) in [4.78, 5) is 15.1. The highest BCUT2D eigenvalue weighted by Crippen LogP contribution is 2.26. The van der Waals surface area contributed by atoms with E-state index >= 15 is 0 Å². The number of ether oxygens (including phenoxy) is 1. The molecular formula is C18H17Cl2N3O3S. The first-order valence-electron chi connectivity index (χ1n) is 8.28. The number of rotatable bonds is 8. The van der Waals surface area contributed by atoms with Gasteiger partial charge >= 0.3 is 0 Å². The molecule has 2 heterocycles. The van der Waals surface area contributed by atoms with Gasteiger partial charge in [0.25, 0.3) is 11.8 Å². The minimum Gasteiger partial charge on any atom is -0.484 e. The van der Waals surface area contributed by atoms with E-state index < -0.39 is 0 Å². The van der Waals surface area contributed by atoms with Crippen molar-refractivity contribution in [3.63, 3.8) is 0 Å². The van der Waals surface area contributed by atoms with Gasteiger partial charge in [-0.15, -0.1) is 21.5 Å². The van der Waals surface area contributed by atoms with E-state index in [-0.39, 0.29) is 19.1 Å². The van der Waals surface area contributed by atoms with Crippen LogP contribution in [0.25, 0.3) is 10.8 Å². The first-order valence-corrected chi connectivity index (χ1v) is 9.92. The zero-order chi connectivity index (χ0) is 19.2. The number of halogens is 2. The van der Waals surface area contributed by atoms with Crippen molar-refractivity contribution in [3.8, 4) is 16.5 Å². The van der Waals surface area contributed by atoms with Crippen molar-refractivity contribution in [1.29, 1.82) is 0 Å². The lowest BCUT2D eigenvalue weighted by atomic mass is 10.3. The molecule has 0 aliphatic carbocycles. The second kappa shape index (κ2) is 9.21. The fourth-order valence-electron chi connectivity index (χ4n) is 2.35. The first kappa shape index (κ1) is 19.7. The van der Waals surface area contributed by atoms with Gasteiger partial charge in [-0.2, -0.15) is 0 Å². The van der Waals surface area contributed by atoms with Crippen molar-refractivity contribution in [2.24, 2.45) is 0 Å². The summed E-state index contributed by atoms with van der Waals surface area (Å²) in [5.74, 6) is 1.14. The van der Waals surface area contributed by atoms with Crippen LogP contribution in [0.15, 0.2) is 40.1 Å². The van der Waals surface area contributed by atoms with Gasteiger partial charge in [-0.1, -0.05) is 36.2 Å². The van der Waals surface area contributed by atoms with Gasteiger partial charge in [0.05, 0.1) is 21.5 Å². The maximum Gasteiger partial charge on any atom is 0.260 e. The number of thiophene rings is 1. The first-order chi connectivity index (χ1) is 13.1. The number of benzene rings is 1. The maximum atomic E-state index is 12.6. The predicted molar refractivity (Wildman–Crippen MR) is 105 cm³/mol. The molecule has 0 unspecified atom stereocenters. The van der Waals surface area contributed by atoms with Crippen molar-refractivity contribution in [3.05, 3.63) is 51.6 Å². The number of carbonyl (C=O) groups excluding carboxylic acids is 1. The van der Waals surface area contributed by atoms with Gasteiger partial charge < -0.3 is 14.1 Å². The molecule has 1 aromatic carbocycles. The molecule has 1 amide bonds. The molecule has 3 aromatic rings. The van der Waals surface area contributed by atoms with Gasteiger partial charge in [0.1, 0.15) is 5.75 Å². The van der Waals surface area contributed by atoms with Crippen LogP contribution in [0.2, 0.25) is 10.0 Å². The smallest absolute Gasteiger partial charge is 0.260 e. The minimum atomic E-state index is -0.182. The molecule has 0 radical (unpaired) electrons. The van der Waals surface area contributed by atoms with Gasteiger partial charge in [-0.05, 0) is 30.0 Å². The highest BCUT2D eigenvalue weighted by Gasteiger charge is 2.18. The SMILES string of the molecule is CCCN(Cc1nnc(-c2cccs2)o1)C(=O)COc1ccc(Cl)c(Cl)c1. The molecule has 0 fully saturated rings. The number of carbonyl (C=O) groups is 1. The molecule has 3 rings (SSSR count). The molecule has 142 valence electrons. The average molecular weight is 426 g/mol. The lowest BCUT2D eigenvalue weighted by molar-refractivity contribution is -0.134. The molecule has 2 aromatic heterocycles. The largest absolute Gasteiger partial charge is 0.484 e. The van der Waals surface area contributed by atoms with Crippen molar-refractivity contribution in [2.75, 3.05) is 13.2 Å². The fraction of sp³-hybridized carbons (Fsp3) is 0.278. The van der Waals surface area contributed by atoms with E-state index in [1.165, 1.54) is 11.3 Å². The summed E-state index contributed by atoms with van der Waals surface area (Å²) in [6.45, 7) is 2.66. The normalized spacial score (nSPS) is 10.8. The topological polar surface area (TPSA) is 68.5 Å². The molecule has 0 saturated carbocycles. The number of hydrogen-bond donors (Lipinski definition) is 0. The zero-order valence-electron chi connectivity index (χ0n) is 14.5. The second-order valence-electron chi connectivity index (χ2n) is 5.66. The second-order valence-corrected chi connectivity index (χ2v) is 7.42. The summed E-state index contributed by atoms with van der Waals surface area (Å²) < 4.78 is 11.2. The highest BCUT2D eigenvalue weighted by molar-refractivity contribution is 7.13. The van der Waals surface area contributed by atoms with Gasteiger partial charge in [0.15, 0.2) is 6.61 Å². The van der Waals surface area contributed by atoms with Gasteiger partial charge in [0, 0.05) is 12.6 Å². The quantitative estimate of drug-likeness (QED) is 0.511. The van der Waals surface area contributed by atoms with Crippen molar-refractivity contribution in [1.82, 2.24) is 15.1 Å². The van der Waals surface area contributed by atoms with E-state index in [0.29, 0.717) is 34.1 Å². The molecular weight excluding hydrogens is 409 g/mol. The van der Waals surface area contributed by atoms with E-state index in [2.05, 4.69) is 10.2 Å². The molecule has 27 heavy (non-hydrogen) atoms. The predicted octanol–water partition coefficient (Wildman–Crippen LogP) is 4.92. The fourth-order valence-corrected chi connectivity index (χ4v) is 3.28. The average Bonchev–Trinajstić information content (AvgIpc) is 3.33. The Kier molecular flexibility index (Phi) is 6.71. The number of hydrogen-bond acceptors (Lipinski definition) is 6. The summed E-state index contributed by atoms with van der Waals surface area (Å²) in [7, 11) is 0. The minimum absolute atomic E-state index is 0.121. The van der Waals surface area contributed by atoms with Crippen molar-refractivity contribution in [2.45, 2.75) is 19.9 Å².